The van der Waals surface area contributed by atoms with Gasteiger partial charge in [0, 0.05) is 11.6 Å². The van der Waals surface area contributed by atoms with E-state index in [1.807, 2.05) is 0 Å². The molecule has 0 unspecified atom stereocenters. The lowest BCUT2D eigenvalue weighted by molar-refractivity contribution is -0.134. The van der Waals surface area contributed by atoms with E-state index in [9.17, 15) is 27.6 Å². The average molecular weight is 419 g/mol. The van der Waals surface area contributed by atoms with Crippen molar-refractivity contribution >= 4 is 11.6 Å². The monoisotopic (exact) mass is 419 g/mol. The minimum Gasteiger partial charge on any atom is -0.472 e. The summed E-state index contributed by atoms with van der Waals surface area (Å²) in [5.41, 5.74) is -1.05. The molecule has 156 valence electrons. The quantitative estimate of drug-likeness (QED) is 0.550. The summed E-state index contributed by atoms with van der Waals surface area (Å²) in [5, 5.41) is 3.84. The number of carbonyl (C=O) groups excluding carboxylic acids is 2. The van der Waals surface area contributed by atoms with Crippen LogP contribution in [0.1, 0.15) is 19.4 Å². The Kier molecular flexibility index (Phi) is 5.86. The number of nitrogens with zero attached hydrogens (tertiary/aromatic N) is 3. The molecule has 0 spiro atoms. The molecule has 7 nitrogen and oxygen atoms in total. The lowest BCUT2D eigenvalue weighted by atomic mass is 10.2. The van der Waals surface area contributed by atoms with Crippen LogP contribution in [0, 0.1) is 17.5 Å². The number of rotatable bonds is 7. The molecular formula is C20H16F3N3O4. The third kappa shape index (κ3) is 4.17. The summed E-state index contributed by atoms with van der Waals surface area (Å²) in [7, 11) is 0. The van der Waals surface area contributed by atoms with Crippen molar-refractivity contribution in [1.29, 1.82) is 0 Å². The first-order chi connectivity index (χ1) is 14.2. The summed E-state index contributed by atoms with van der Waals surface area (Å²) in [6, 6.07) is 6.70. The van der Waals surface area contributed by atoms with Crippen molar-refractivity contribution < 1.29 is 27.5 Å². The van der Waals surface area contributed by atoms with Crippen LogP contribution in [0.2, 0.25) is 0 Å². The molecule has 10 heteroatoms. The van der Waals surface area contributed by atoms with Gasteiger partial charge in [-0.05, 0) is 38.1 Å². The molecule has 0 amide bonds. The van der Waals surface area contributed by atoms with Crippen LogP contribution >= 0.6 is 0 Å². The van der Waals surface area contributed by atoms with Gasteiger partial charge in [-0.1, -0.05) is 6.07 Å². The molecule has 3 aromatic rings. The standard InChI is InChI=1S/C20H16F3N3O4/c1-11(27)19(12(2)28)30-18-7-6-13(8-17(18)23)26-20(29)25(10-24-26)9-14-15(21)4-3-5-16(14)22/h3-8,10,19H,9H2,1-2H3. The molecule has 2 aromatic carbocycles. The molecule has 0 N–H and O–H groups in total. The zero-order chi connectivity index (χ0) is 22.0. The van der Waals surface area contributed by atoms with Crippen molar-refractivity contribution in [3.8, 4) is 11.4 Å². The number of benzene rings is 2. The lowest BCUT2D eigenvalue weighted by Gasteiger charge is -2.14. The topological polar surface area (TPSA) is 83.2 Å². The molecule has 0 fully saturated rings. The van der Waals surface area contributed by atoms with Crippen LogP contribution < -0.4 is 10.4 Å². The average Bonchev–Trinajstić information content (AvgIpc) is 3.03. The second-order valence-corrected chi connectivity index (χ2v) is 6.49. The lowest BCUT2D eigenvalue weighted by Crippen LogP contribution is -2.32. The molecule has 0 bridgehead atoms. The van der Waals surface area contributed by atoms with Gasteiger partial charge in [-0.15, -0.1) is 0 Å². The normalized spacial score (nSPS) is 11.0. The van der Waals surface area contributed by atoms with Crippen molar-refractivity contribution in [2.24, 2.45) is 0 Å². The zero-order valence-electron chi connectivity index (χ0n) is 15.9. The van der Waals surface area contributed by atoms with E-state index in [4.69, 9.17) is 4.74 Å². The summed E-state index contributed by atoms with van der Waals surface area (Å²) in [4.78, 5) is 35.4. The van der Waals surface area contributed by atoms with Gasteiger partial charge in [-0.3, -0.25) is 14.2 Å². The fourth-order valence-corrected chi connectivity index (χ4v) is 2.77. The van der Waals surface area contributed by atoms with E-state index in [1.165, 1.54) is 12.1 Å². The van der Waals surface area contributed by atoms with E-state index in [0.717, 1.165) is 53.7 Å². The summed E-state index contributed by atoms with van der Waals surface area (Å²) in [5.74, 6) is -4.07. The Bertz CT molecular complexity index is 1150. The van der Waals surface area contributed by atoms with Crippen LogP contribution in [0.15, 0.2) is 47.5 Å². The predicted molar refractivity (Wildman–Crippen MR) is 99.0 cm³/mol. The fraction of sp³-hybridized carbons (Fsp3) is 0.200. The highest BCUT2D eigenvalue weighted by Crippen LogP contribution is 2.21. The third-order valence-corrected chi connectivity index (χ3v) is 4.27. The van der Waals surface area contributed by atoms with Gasteiger partial charge >= 0.3 is 5.69 Å². The number of aromatic nitrogens is 3. The molecule has 3 rings (SSSR count). The fourth-order valence-electron chi connectivity index (χ4n) is 2.77. The van der Waals surface area contributed by atoms with Crippen molar-refractivity contribution in [2.75, 3.05) is 0 Å². The van der Waals surface area contributed by atoms with E-state index >= 15 is 0 Å². The van der Waals surface area contributed by atoms with E-state index < -0.39 is 47.4 Å². The Morgan fingerprint density at radius 3 is 2.23 bits per heavy atom. The molecular weight excluding hydrogens is 403 g/mol. The second-order valence-electron chi connectivity index (χ2n) is 6.49. The maximum absolute atomic E-state index is 14.4. The molecule has 1 heterocycles. The van der Waals surface area contributed by atoms with Gasteiger partial charge < -0.3 is 4.74 Å². The largest absolute Gasteiger partial charge is 0.472 e. The van der Waals surface area contributed by atoms with Crippen LogP contribution in [-0.2, 0) is 16.1 Å². The Labute approximate surface area is 168 Å². The Hall–Kier alpha value is -3.69. The first kappa shape index (κ1) is 21.0. The molecule has 0 aliphatic heterocycles. The summed E-state index contributed by atoms with van der Waals surface area (Å²) < 4.78 is 49.0. The van der Waals surface area contributed by atoms with Gasteiger partial charge in [0.2, 0.25) is 6.10 Å². The number of ether oxygens (including phenoxy) is 1. The van der Waals surface area contributed by atoms with Crippen LogP contribution in [-0.4, -0.2) is 32.0 Å². The first-order valence-corrected chi connectivity index (χ1v) is 8.74. The maximum atomic E-state index is 14.4. The SMILES string of the molecule is CC(=O)C(Oc1ccc(-n2ncn(Cc3c(F)cccc3F)c2=O)cc1F)C(C)=O. The first-order valence-electron chi connectivity index (χ1n) is 8.74. The number of carbonyl (C=O) groups is 2. The Balaban J connectivity index is 1.89. The van der Waals surface area contributed by atoms with Crippen LogP contribution in [0.4, 0.5) is 13.2 Å². The van der Waals surface area contributed by atoms with Gasteiger partial charge in [0.05, 0.1) is 12.2 Å². The van der Waals surface area contributed by atoms with Crippen LogP contribution in [0.5, 0.6) is 5.75 Å². The maximum Gasteiger partial charge on any atom is 0.350 e. The van der Waals surface area contributed by atoms with E-state index in [-0.39, 0.29) is 17.0 Å². The summed E-state index contributed by atoms with van der Waals surface area (Å²) in [6.07, 6.45) is -0.374. The number of hydrogen-bond donors (Lipinski definition) is 0. The van der Waals surface area contributed by atoms with Crippen LogP contribution in [0.25, 0.3) is 5.69 Å². The van der Waals surface area contributed by atoms with Gasteiger partial charge in [-0.25, -0.2) is 18.0 Å². The zero-order valence-corrected chi connectivity index (χ0v) is 15.9. The summed E-state index contributed by atoms with van der Waals surface area (Å²) >= 11 is 0. The number of halogens is 3. The number of hydrogen-bond acceptors (Lipinski definition) is 5. The highest BCUT2D eigenvalue weighted by Gasteiger charge is 2.23. The second kappa shape index (κ2) is 8.36. The van der Waals surface area contributed by atoms with Gasteiger partial charge in [-0.2, -0.15) is 9.78 Å². The van der Waals surface area contributed by atoms with Crippen molar-refractivity contribution in [3.05, 3.63) is 76.2 Å². The molecule has 0 atom stereocenters. The highest BCUT2D eigenvalue weighted by molar-refractivity contribution is 6.03. The minimum atomic E-state index is -1.44. The smallest absolute Gasteiger partial charge is 0.350 e. The van der Waals surface area contributed by atoms with Crippen LogP contribution in [0.3, 0.4) is 0 Å². The molecule has 0 aliphatic carbocycles. The molecule has 1 aromatic heterocycles. The van der Waals surface area contributed by atoms with Gasteiger partial charge in [0.15, 0.2) is 23.1 Å². The predicted octanol–water partition coefficient (Wildman–Crippen LogP) is 2.43. The highest BCUT2D eigenvalue weighted by atomic mass is 19.1. The van der Waals surface area contributed by atoms with Gasteiger partial charge in [0.25, 0.3) is 0 Å². The van der Waals surface area contributed by atoms with Crippen molar-refractivity contribution in [1.82, 2.24) is 14.3 Å². The Morgan fingerprint density at radius 1 is 1.03 bits per heavy atom. The van der Waals surface area contributed by atoms with E-state index in [2.05, 4.69) is 5.10 Å². The van der Waals surface area contributed by atoms with Crippen molar-refractivity contribution in [2.45, 2.75) is 26.5 Å². The molecule has 30 heavy (non-hydrogen) atoms. The van der Waals surface area contributed by atoms with E-state index in [1.54, 1.807) is 0 Å². The molecule has 0 aliphatic rings. The molecule has 0 saturated heterocycles. The molecule has 0 radical (unpaired) electrons. The number of ketones is 2. The minimum absolute atomic E-state index is 0.0137. The Morgan fingerprint density at radius 2 is 1.67 bits per heavy atom. The third-order valence-electron chi connectivity index (χ3n) is 4.27. The number of Topliss-reactive ketones (excluding diaryl/α,β-unsaturated/α-hetero) is 2. The van der Waals surface area contributed by atoms with Gasteiger partial charge in [0.1, 0.15) is 18.0 Å². The molecule has 0 saturated carbocycles. The summed E-state index contributed by atoms with van der Waals surface area (Å²) in [6.45, 7) is 1.88. The van der Waals surface area contributed by atoms with E-state index in [0.29, 0.717) is 0 Å². The van der Waals surface area contributed by atoms with Crippen molar-refractivity contribution in [3.63, 3.8) is 0 Å².